The first kappa shape index (κ1) is 20.5. The van der Waals surface area contributed by atoms with Gasteiger partial charge in [-0.3, -0.25) is 4.79 Å². The molecule has 0 N–H and O–H groups in total. The van der Waals surface area contributed by atoms with Crippen LogP contribution in [0.1, 0.15) is 30.4 Å². The number of benzene rings is 2. The SMILES string of the molecule is C=CCOC(=O)C1=C(C)N(Cc2ccccc2F)C(=O)CC1c1ccccc1F. The van der Waals surface area contributed by atoms with Gasteiger partial charge in [0.25, 0.3) is 0 Å². The van der Waals surface area contributed by atoms with E-state index in [9.17, 15) is 18.4 Å². The lowest BCUT2D eigenvalue weighted by atomic mass is 9.83. The zero-order valence-electron chi connectivity index (χ0n) is 16.0. The Morgan fingerprint density at radius 3 is 2.48 bits per heavy atom. The fraction of sp³-hybridized carbons (Fsp3) is 0.217. The highest BCUT2D eigenvalue weighted by molar-refractivity contribution is 5.96. The molecule has 0 bridgehead atoms. The summed E-state index contributed by atoms with van der Waals surface area (Å²) in [7, 11) is 0. The first-order valence-electron chi connectivity index (χ1n) is 9.21. The van der Waals surface area contributed by atoms with Crippen molar-refractivity contribution < 1.29 is 23.1 Å². The van der Waals surface area contributed by atoms with Crippen LogP contribution in [0.5, 0.6) is 0 Å². The number of rotatable bonds is 6. The van der Waals surface area contributed by atoms with Gasteiger partial charge in [-0.05, 0) is 24.6 Å². The van der Waals surface area contributed by atoms with Gasteiger partial charge in [0.1, 0.15) is 18.2 Å². The molecule has 0 radical (unpaired) electrons. The van der Waals surface area contributed by atoms with Crippen molar-refractivity contribution in [2.45, 2.75) is 25.8 Å². The lowest BCUT2D eigenvalue weighted by molar-refractivity contribution is -0.139. The van der Waals surface area contributed by atoms with Crippen LogP contribution in [0.15, 0.2) is 72.5 Å². The molecule has 0 saturated heterocycles. The summed E-state index contributed by atoms with van der Waals surface area (Å²) in [4.78, 5) is 27.0. The molecule has 1 amide bonds. The van der Waals surface area contributed by atoms with Gasteiger partial charge in [-0.2, -0.15) is 0 Å². The Morgan fingerprint density at radius 2 is 1.83 bits per heavy atom. The first-order chi connectivity index (χ1) is 13.9. The lowest BCUT2D eigenvalue weighted by Crippen LogP contribution is -2.38. The number of amides is 1. The average Bonchev–Trinajstić information content (AvgIpc) is 2.70. The molecule has 3 rings (SSSR count). The number of nitrogens with zero attached hydrogens (tertiary/aromatic N) is 1. The van der Waals surface area contributed by atoms with Crippen LogP contribution in [0.25, 0.3) is 0 Å². The summed E-state index contributed by atoms with van der Waals surface area (Å²) in [5.41, 5.74) is 1.08. The Morgan fingerprint density at radius 1 is 1.17 bits per heavy atom. The topological polar surface area (TPSA) is 46.6 Å². The molecule has 150 valence electrons. The largest absolute Gasteiger partial charge is 0.458 e. The predicted octanol–water partition coefficient (Wildman–Crippen LogP) is 4.48. The fourth-order valence-corrected chi connectivity index (χ4v) is 3.50. The molecular formula is C23H21F2NO3. The first-order valence-corrected chi connectivity index (χ1v) is 9.21. The zero-order valence-corrected chi connectivity index (χ0v) is 16.0. The third-order valence-electron chi connectivity index (χ3n) is 4.94. The molecule has 1 unspecified atom stereocenters. The van der Waals surface area contributed by atoms with E-state index < -0.39 is 23.5 Å². The molecule has 29 heavy (non-hydrogen) atoms. The van der Waals surface area contributed by atoms with E-state index in [4.69, 9.17) is 4.74 Å². The highest BCUT2D eigenvalue weighted by atomic mass is 19.1. The van der Waals surface area contributed by atoms with E-state index in [1.165, 1.54) is 23.1 Å². The van der Waals surface area contributed by atoms with Gasteiger partial charge < -0.3 is 9.64 Å². The number of hydrogen-bond donors (Lipinski definition) is 0. The number of halogens is 2. The summed E-state index contributed by atoms with van der Waals surface area (Å²) in [5, 5.41) is 0. The summed E-state index contributed by atoms with van der Waals surface area (Å²) >= 11 is 0. The van der Waals surface area contributed by atoms with Gasteiger partial charge >= 0.3 is 5.97 Å². The maximum Gasteiger partial charge on any atom is 0.336 e. The highest BCUT2D eigenvalue weighted by Crippen LogP contribution is 2.38. The number of carbonyl (C=O) groups is 2. The second-order valence-electron chi connectivity index (χ2n) is 6.74. The molecule has 1 atom stereocenters. The van der Waals surface area contributed by atoms with Crippen molar-refractivity contribution in [3.8, 4) is 0 Å². The molecule has 0 aromatic heterocycles. The van der Waals surface area contributed by atoms with Crippen LogP contribution < -0.4 is 0 Å². The smallest absolute Gasteiger partial charge is 0.336 e. The van der Waals surface area contributed by atoms with Crippen LogP contribution in [-0.4, -0.2) is 23.4 Å². The molecule has 6 heteroatoms. The Hall–Kier alpha value is -3.28. The number of carbonyl (C=O) groups excluding carboxylic acids is 2. The predicted molar refractivity (Wildman–Crippen MR) is 105 cm³/mol. The molecule has 0 saturated carbocycles. The van der Waals surface area contributed by atoms with Crippen molar-refractivity contribution in [1.82, 2.24) is 4.90 Å². The number of hydrogen-bond acceptors (Lipinski definition) is 3. The number of allylic oxidation sites excluding steroid dienone is 1. The van der Waals surface area contributed by atoms with E-state index in [0.29, 0.717) is 11.3 Å². The molecule has 2 aromatic rings. The maximum atomic E-state index is 14.4. The molecule has 1 heterocycles. The van der Waals surface area contributed by atoms with Crippen molar-refractivity contribution >= 4 is 11.9 Å². The second kappa shape index (κ2) is 8.82. The normalized spacial score (nSPS) is 16.7. The molecule has 0 fully saturated rings. The Labute approximate surface area is 168 Å². The summed E-state index contributed by atoms with van der Waals surface area (Å²) in [6, 6.07) is 12.1. The molecule has 1 aliphatic rings. The van der Waals surface area contributed by atoms with Crippen LogP contribution in [0.3, 0.4) is 0 Å². The molecule has 2 aromatic carbocycles. The van der Waals surface area contributed by atoms with Crippen molar-refractivity contribution in [3.05, 3.63) is 95.2 Å². The molecule has 0 spiro atoms. The van der Waals surface area contributed by atoms with Crippen molar-refractivity contribution in [2.75, 3.05) is 6.61 Å². The fourth-order valence-electron chi connectivity index (χ4n) is 3.50. The van der Waals surface area contributed by atoms with E-state index in [1.54, 1.807) is 43.3 Å². The quantitative estimate of drug-likeness (QED) is 0.533. The lowest BCUT2D eigenvalue weighted by Gasteiger charge is -2.34. The third-order valence-corrected chi connectivity index (χ3v) is 4.94. The van der Waals surface area contributed by atoms with Crippen LogP contribution >= 0.6 is 0 Å². The minimum absolute atomic E-state index is 0.0130. The maximum absolute atomic E-state index is 14.4. The van der Waals surface area contributed by atoms with E-state index in [1.807, 2.05) is 0 Å². The number of esters is 1. The second-order valence-corrected chi connectivity index (χ2v) is 6.74. The standard InChI is InChI=1S/C23H21F2NO3/c1-3-12-29-23(28)22-15(2)26(14-16-8-4-6-10-19(16)24)21(27)13-18(22)17-9-5-7-11-20(17)25/h3-11,18H,1,12-14H2,2H3. The van der Waals surface area contributed by atoms with Gasteiger partial charge in [-0.1, -0.05) is 49.1 Å². The van der Waals surface area contributed by atoms with Crippen LogP contribution in [-0.2, 0) is 20.9 Å². The monoisotopic (exact) mass is 397 g/mol. The summed E-state index contributed by atoms with van der Waals surface area (Å²) in [6.45, 7) is 5.07. The van der Waals surface area contributed by atoms with Gasteiger partial charge in [-0.15, -0.1) is 0 Å². The highest BCUT2D eigenvalue weighted by Gasteiger charge is 2.38. The summed E-state index contributed by atoms with van der Waals surface area (Å²) in [6.07, 6.45) is 1.31. The zero-order chi connectivity index (χ0) is 21.0. The van der Waals surface area contributed by atoms with E-state index in [2.05, 4.69) is 6.58 Å². The van der Waals surface area contributed by atoms with Crippen LogP contribution in [0.4, 0.5) is 8.78 Å². The minimum Gasteiger partial charge on any atom is -0.458 e. The average molecular weight is 397 g/mol. The third kappa shape index (κ3) is 4.26. The minimum atomic E-state index is -0.780. The number of ether oxygens (including phenoxy) is 1. The van der Waals surface area contributed by atoms with E-state index in [0.717, 1.165) is 0 Å². The van der Waals surface area contributed by atoms with Crippen molar-refractivity contribution in [2.24, 2.45) is 0 Å². The summed E-state index contributed by atoms with van der Waals surface area (Å²) < 4.78 is 33.8. The van der Waals surface area contributed by atoms with Crippen molar-refractivity contribution in [3.63, 3.8) is 0 Å². The van der Waals surface area contributed by atoms with Crippen LogP contribution in [0.2, 0.25) is 0 Å². The van der Waals surface area contributed by atoms with E-state index >= 15 is 0 Å². The van der Waals surface area contributed by atoms with Gasteiger partial charge in [0.05, 0.1) is 12.1 Å². The Balaban J connectivity index is 2.06. The molecule has 0 aliphatic carbocycles. The van der Waals surface area contributed by atoms with Crippen LogP contribution in [0, 0.1) is 11.6 Å². The Kier molecular flexibility index (Phi) is 6.22. The van der Waals surface area contributed by atoms with Gasteiger partial charge in [0.2, 0.25) is 5.91 Å². The van der Waals surface area contributed by atoms with Crippen molar-refractivity contribution in [1.29, 1.82) is 0 Å². The van der Waals surface area contributed by atoms with Gasteiger partial charge in [0, 0.05) is 23.6 Å². The molecule has 1 aliphatic heterocycles. The van der Waals surface area contributed by atoms with E-state index in [-0.39, 0.29) is 36.6 Å². The molecular weight excluding hydrogens is 376 g/mol. The molecule has 4 nitrogen and oxygen atoms in total. The van der Waals surface area contributed by atoms with Gasteiger partial charge in [0.15, 0.2) is 0 Å². The Bertz CT molecular complexity index is 984. The van der Waals surface area contributed by atoms with Gasteiger partial charge in [-0.25, -0.2) is 13.6 Å². The summed E-state index contributed by atoms with van der Waals surface area (Å²) in [5.74, 6) is -2.70.